The molecule has 0 fully saturated rings. The summed E-state index contributed by atoms with van der Waals surface area (Å²) in [5.41, 5.74) is 3.12. The summed E-state index contributed by atoms with van der Waals surface area (Å²) in [6.45, 7) is 3.70. The number of allylic oxidation sites excluding steroid dienone is 1. The number of anilines is 1. The maximum Gasteiger partial charge on any atom is 0.255 e. The van der Waals surface area contributed by atoms with E-state index < -0.39 is 23.6 Å². The maximum atomic E-state index is 13.4. The molecule has 0 spiro atoms. The van der Waals surface area contributed by atoms with Crippen molar-refractivity contribution in [2.24, 2.45) is 0 Å². The SMILES string of the molecule is CC1=C(C(=O)Nc2ccc(F)c(F)c2)[C@@H](c2cccc(C)c2)NC(=S)N1. The molecule has 3 rings (SSSR count). The van der Waals surface area contributed by atoms with Gasteiger partial charge in [-0.25, -0.2) is 8.78 Å². The fourth-order valence-corrected chi connectivity index (χ4v) is 3.14. The lowest BCUT2D eigenvalue weighted by atomic mass is 9.94. The Kier molecular flexibility index (Phi) is 4.99. The molecular formula is C19H17F2N3OS. The van der Waals surface area contributed by atoms with Crippen LogP contribution in [-0.2, 0) is 4.79 Å². The summed E-state index contributed by atoms with van der Waals surface area (Å²) in [5.74, 6) is -2.42. The number of hydrogen-bond acceptors (Lipinski definition) is 2. The van der Waals surface area contributed by atoms with Gasteiger partial charge in [0, 0.05) is 17.5 Å². The molecule has 1 heterocycles. The normalized spacial score (nSPS) is 16.8. The lowest BCUT2D eigenvalue weighted by molar-refractivity contribution is -0.113. The van der Waals surface area contributed by atoms with E-state index in [1.54, 1.807) is 6.92 Å². The number of hydrogen-bond donors (Lipinski definition) is 3. The van der Waals surface area contributed by atoms with Gasteiger partial charge in [0.1, 0.15) is 0 Å². The van der Waals surface area contributed by atoms with Gasteiger partial charge in [-0.2, -0.15) is 0 Å². The lowest BCUT2D eigenvalue weighted by Crippen LogP contribution is -2.45. The second-order valence-corrected chi connectivity index (χ2v) is 6.48. The quantitative estimate of drug-likeness (QED) is 0.718. The van der Waals surface area contributed by atoms with E-state index in [0.717, 1.165) is 23.3 Å². The molecule has 1 amide bonds. The first-order chi connectivity index (χ1) is 12.3. The molecule has 0 saturated heterocycles. The zero-order chi connectivity index (χ0) is 18.8. The lowest BCUT2D eigenvalue weighted by Gasteiger charge is -2.30. The molecule has 0 unspecified atom stereocenters. The van der Waals surface area contributed by atoms with E-state index in [0.29, 0.717) is 16.4 Å². The predicted molar refractivity (Wildman–Crippen MR) is 100 cm³/mol. The van der Waals surface area contributed by atoms with Crippen LogP contribution in [0.25, 0.3) is 0 Å². The van der Waals surface area contributed by atoms with Crippen molar-refractivity contribution in [1.29, 1.82) is 0 Å². The van der Waals surface area contributed by atoms with Crippen LogP contribution in [0.2, 0.25) is 0 Å². The summed E-state index contributed by atoms with van der Waals surface area (Å²) in [6.07, 6.45) is 0. The standard InChI is InChI=1S/C19H17F2N3OS/c1-10-4-3-5-12(8-10)17-16(11(2)22-19(26)24-17)18(25)23-13-6-7-14(20)15(21)9-13/h3-9,17H,1-2H3,(H,23,25)(H2,22,24,26)/t17-/m1/s1. The van der Waals surface area contributed by atoms with Crippen LogP contribution in [-0.4, -0.2) is 11.0 Å². The van der Waals surface area contributed by atoms with Crippen LogP contribution in [0.5, 0.6) is 0 Å². The number of thiocarbonyl (C=S) groups is 1. The van der Waals surface area contributed by atoms with Crippen LogP contribution in [0.3, 0.4) is 0 Å². The fourth-order valence-electron chi connectivity index (χ4n) is 2.87. The number of halogens is 2. The van der Waals surface area contributed by atoms with Crippen molar-refractivity contribution >= 4 is 28.9 Å². The van der Waals surface area contributed by atoms with Crippen LogP contribution in [0.1, 0.15) is 24.1 Å². The van der Waals surface area contributed by atoms with Gasteiger partial charge < -0.3 is 16.0 Å². The minimum absolute atomic E-state index is 0.172. The third kappa shape index (κ3) is 3.72. The maximum absolute atomic E-state index is 13.4. The number of benzene rings is 2. The van der Waals surface area contributed by atoms with Crippen LogP contribution in [0.15, 0.2) is 53.7 Å². The molecule has 134 valence electrons. The molecule has 1 aliphatic rings. The van der Waals surface area contributed by atoms with Crippen molar-refractivity contribution < 1.29 is 13.6 Å². The molecule has 0 aliphatic carbocycles. The monoisotopic (exact) mass is 373 g/mol. The van der Waals surface area contributed by atoms with Crippen LogP contribution in [0, 0.1) is 18.6 Å². The van der Waals surface area contributed by atoms with E-state index in [9.17, 15) is 13.6 Å². The highest BCUT2D eigenvalue weighted by molar-refractivity contribution is 7.80. The zero-order valence-corrected chi connectivity index (χ0v) is 15.0. The van der Waals surface area contributed by atoms with Gasteiger partial charge in [0.15, 0.2) is 16.7 Å². The largest absolute Gasteiger partial charge is 0.351 e. The second kappa shape index (κ2) is 7.21. The Morgan fingerprint density at radius 1 is 1.12 bits per heavy atom. The highest BCUT2D eigenvalue weighted by Crippen LogP contribution is 2.28. The summed E-state index contributed by atoms with van der Waals surface area (Å²) in [5, 5.41) is 9.06. The number of carbonyl (C=O) groups is 1. The van der Waals surface area contributed by atoms with Crippen molar-refractivity contribution in [3.8, 4) is 0 Å². The molecule has 2 aromatic rings. The number of nitrogens with one attached hydrogen (secondary N) is 3. The van der Waals surface area contributed by atoms with E-state index in [2.05, 4.69) is 16.0 Å². The van der Waals surface area contributed by atoms with Crippen LogP contribution in [0.4, 0.5) is 14.5 Å². The minimum atomic E-state index is -1.02. The highest BCUT2D eigenvalue weighted by atomic mass is 32.1. The topological polar surface area (TPSA) is 53.2 Å². The number of amides is 1. The molecule has 1 atom stereocenters. The molecule has 1 aliphatic heterocycles. The minimum Gasteiger partial charge on any atom is -0.351 e. The fraction of sp³-hybridized carbons (Fsp3) is 0.158. The first-order valence-electron chi connectivity index (χ1n) is 7.96. The van der Waals surface area contributed by atoms with Gasteiger partial charge in [-0.15, -0.1) is 0 Å². The van der Waals surface area contributed by atoms with E-state index in [4.69, 9.17) is 12.2 Å². The van der Waals surface area contributed by atoms with Gasteiger partial charge in [0.05, 0.1) is 11.6 Å². The van der Waals surface area contributed by atoms with Gasteiger partial charge in [-0.05, 0) is 43.8 Å². The third-order valence-corrected chi connectivity index (χ3v) is 4.29. The average Bonchev–Trinajstić information content (AvgIpc) is 2.57. The Morgan fingerprint density at radius 2 is 1.88 bits per heavy atom. The molecule has 7 heteroatoms. The van der Waals surface area contributed by atoms with Crippen molar-refractivity contribution in [2.45, 2.75) is 19.9 Å². The molecule has 0 aromatic heterocycles. The Hall–Kier alpha value is -2.80. The Labute approximate surface area is 155 Å². The third-order valence-electron chi connectivity index (χ3n) is 4.07. The number of carbonyl (C=O) groups excluding carboxylic acids is 1. The second-order valence-electron chi connectivity index (χ2n) is 6.07. The van der Waals surface area contributed by atoms with E-state index >= 15 is 0 Å². The van der Waals surface area contributed by atoms with Crippen molar-refractivity contribution in [3.05, 3.63) is 76.5 Å². The van der Waals surface area contributed by atoms with E-state index in [-0.39, 0.29) is 5.69 Å². The summed E-state index contributed by atoms with van der Waals surface area (Å²) >= 11 is 5.21. The Morgan fingerprint density at radius 3 is 2.58 bits per heavy atom. The zero-order valence-electron chi connectivity index (χ0n) is 14.2. The summed E-state index contributed by atoms with van der Waals surface area (Å²) in [7, 11) is 0. The van der Waals surface area contributed by atoms with Gasteiger partial charge in [-0.3, -0.25) is 4.79 Å². The number of aryl methyl sites for hydroxylation is 1. The Balaban J connectivity index is 1.95. The number of rotatable bonds is 3. The van der Waals surface area contributed by atoms with Crippen molar-refractivity contribution in [2.75, 3.05) is 5.32 Å². The molecule has 0 saturated carbocycles. The summed E-state index contributed by atoms with van der Waals surface area (Å²) in [4.78, 5) is 12.8. The summed E-state index contributed by atoms with van der Waals surface area (Å²) < 4.78 is 26.5. The molecule has 26 heavy (non-hydrogen) atoms. The predicted octanol–water partition coefficient (Wildman–Crippen LogP) is 3.70. The first-order valence-corrected chi connectivity index (χ1v) is 8.37. The van der Waals surface area contributed by atoms with Crippen molar-refractivity contribution in [3.63, 3.8) is 0 Å². The highest BCUT2D eigenvalue weighted by Gasteiger charge is 2.30. The van der Waals surface area contributed by atoms with Gasteiger partial charge >= 0.3 is 0 Å². The molecule has 2 aromatic carbocycles. The summed E-state index contributed by atoms with van der Waals surface area (Å²) in [6, 6.07) is 10.5. The molecular weight excluding hydrogens is 356 g/mol. The smallest absolute Gasteiger partial charge is 0.255 e. The molecule has 4 nitrogen and oxygen atoms in total. The van der Waals surface area contributed by atoms with Gasteiger partial charge in [-0.1, -0.05) is 29.8 Å². The van der Waals surface area contributed by atoms with Gasteiger partial charge in [0.25, 0.3) is 5.91 Å². The van der Waals surface area contributed by atoms with Gasteiger partial charge in [0.2, 0.25) is 0 Å². The first kappa shape index (κ1) is 18.0. The molecule has 3 N–H and O–H groups in total. The van der Waals surface area contributed by atoms with E-state index in [1.807, 2.05) is 31.2 Å². The average molecular weight is 373 g/mol. The molecule has 0 radical (unpaired) electrons. The Bertz CT molecular complexity index is 927. The molecule has 0 bridgehead atoms. The van der Waals surface area contributed by atoms with Crippen LogP contribution < -0.4 is 16.0 Å². The van der Waals surface area contributed by atoms with Crippen molar-refractivity contribution in [1.82, 2.24) is 10.6 Å². The van der Waals surface area contributed by atoms with Crippen LogP contribution >= 0.6 is 12.2 Å². The van der Waals surface area contributed by atoms with E-state index in [1.165, 1.54) is 6.07 Å².